The molecule has 1 aliphatic rings. The number of hydrogen-bond donors (Lipinski definition) is 3. The molecule has 9 heteroatoms. The van der Waals surface area contributed by atoms with Gasteiger partial charge in [-0.15, -0.1) is 0 Å². The first-order valence-corrected chi connectivity index (χ1v) is 15.2. The van der Waals surface area contributed by atoms with E-state index in [1.165, 1.54) is 12.1 Å². The summed E-state index contributed by atoms with van der Waals surface area (Å²) in [5.74, 6) is 1.17. The Morgan fingerprint density at radius 1 is 1.05 bits per heavy atom. The molecular weight excluding hydrogens is 534 g/mol. The van der Waals surface area contributed by atoms with Crippen LogP contribution in [0.2, 0.25) is 5.02 Å². The second kappa shape index (κ2) is 13.4. The molecule has 208 valence electrons. The summed E-state index contributed by atoms with van der Waals surface area (Å²) in [5, 5.41) is 6.89. The summed E-state index contributed by atoms with van der Waals surface area (Å²) in [6.07, 6.45) is 1.69. The van der Waals surface area contributed by atoms with Crippen LogP contribution in [-0.2, 0) is 21.4 Å². The quantitative estimate of drug-likeness (QED) is 0.249. The number of rotatable bonds is 12. The van der Waals surface area contributed by atoms with Crippen molar-refractivity contribution in [2.45, 2.75) is 56.6 Å². The lowest BCUT2D eigenvalue weighted by Crippen LogP contribution is -2.36. The molecule has 0 saturated carbocycles. The zero-order valence-electron chi connectivity index (χ0n) is 22.3. The molecule has 0 bridgehead atoms. The lowest BCUT2D eigenvalue weighted by molar-refractivity contribution is -0.122. The van der Waals surface area contributed by atoms with Crippen molar-refractivity contribution in [2.75, 3.05) is 13.2 Å². The second-order valence-corrected chi connectivity index (χ2v) is 12.4. The molecule has 0 aromatic heterocycles. The van der Waals surface area contributed by atoms with E-state index < -0.39 is 16.1 Å². The Morgan fingerprint density at radius 3 is 2.59 bits per heavy atom. The summed E-state index contributed by atoms with van der Waals surface area (Å²) < 4.78 is 34.9. The molecule has 0 aliphatic carbocycles. The summed E-state index contributed by atoms with van der Waals surface area (Å²) in [5.41, 5.74) is 2.75. The Morgan fingerprint density at radius 2 is 1.85 bits per heavy atom. The SMILES string of the molecule is CC(C)CCNCc1ccc2c(c1)OCCC2NC(=O)CC(NS(=O)(=O)c1cccc(Cl)c1)c1ccccc1. The van der Waals surface area contributed by atoms with E-state index in [1.807, 2.05) is 30.3 Å². The molecule has 3 aromatic carbocycles. The number of amides is 1. The molecule has 0 saturated heterocycles. The Kier molecular flexibility index (Phi) is 10.0. The monoisotopic (exact) mass is 569 g/mol. The topological polar surface area (TPSA) is 96.5 Å². The minimum absolute atomic E-state index is 0.0456. The maximum absolute atomic E-state index is 13.3. The van der Waals surface area contributed by atoms with Crippen molar-refractivity contribution in [3.05, 3.63) is 94.5 Å². The van der Waals surface area contributed by atoms with Gasteiger partial charge in [-0.3, -0.25) is 4.79 Å². The number of hydrogen-bond acceptors (Lipinski definition) is 5. The number of ether oxygens (including phenoxy) is 1. The standard InChI is InChI=1S/C30H36ClN3O4S/c1-21(2)13-15-32-20-22-11-12-26-27(14-16-38-29(26)17-22)33-30(35)19-28(23-7-4-3-5-8-23)34-39(36,37)25-10-6-9-24(31)18-25/h3-12,17-18,21,27-28,32,34H,13-16,19-20H2,1-2H3,(H,33,35). The highest BCUT2D eigenvalue weighted by Gasteiger charge is 2.27. The van der Waals surface area contributed by atoms with E-state index in [4.69, 9.17) is 16.3 Å². The molecule has 1 aliphatic heterocycles. The zero-order valence-corrected chi connectivity index (χ0v) is 23.9. The van der Waals surface area contributed by atoms with Crippen molar-refractivity contribution >= 4 is 27.5 Å². The molecule has 4 rings (SSSR count). The Hall–Kier alpha value is -2.91. The van der Waals surface area contributed by atoms with Crippen LogP contribution in [0.3, 0.4) is 0 Å². The van der Waals surface area contributed by atoms with Crippen LogP contribution in [0.1, 0.15) is 61.9 Å². The van der Waals surface area contributed by atoms with Crippen LogP contribution in [0, 0.1) is 5.92 Å². The van der Waals surface area contributed by atoms with Gasteiger partial charge < -0.3 is 15.4 Å². The molecular formula is C30H36ClN3O4S. The van der Waals surface area contributed by atoms with Crippen molar-refractivity contribution in [2.24, 2.45) is 5.92 Å². The summed E-state index contributed by atoms with van der Waals surface area (Å²) in [6, 6.07) is 20.3. The van der Waals surface area contributed by atoms with Crippen molar-refractivity contribution in [3.63, 3.8) is 0 Å². The Balaban J connectivity index is 1.45. The lowest BCUT2D eigenvalue weighted by atomic mass is 9.98. The molecule has 0 radical (unpaired) electrons. The average molecular weight is 570 g/mol. The highest BCUT2D eigenvalue weighted by atomic mass is 35.5. The maximum atomic E-state index is 13.3. The van der Waals surface area contributed by atoms with E-state index in [0.29, 0.717) is 29.5 Å². The number of sulfonamides is 1. The summed E-state index contributed by atoms with van der Waals surface area (Å²) in [7, 11) is -3.92. The third kappa shape index (κ3) is 8.29. The van der Waals surface area contributed by atoms with Gasteiger partial charge in [0.15, 0.2) is 0 Å². The number of fused-ring (bicyclic) bond motifs is 1. The first kappa shape index (κ1) is 29.1. The van der Waals surface area contributed by atoms with Crippen LogP contribution < -0.4 is 20.1 Å². The first-order chi connectivity index (χ1) is 18.7. The molecule has 0 fully saturated rings. The number of carbonyl (C=O) groups is 1. The molecule has 2 unspecified atom stereocenters. The number of halogens is 1. The molecule has 3 N–H and O–H groups in total. The predicted molar refractivity (Wildman–Crippen MR) is 154 cm³/mol. The molecule has 1 amide bonds. The van der Waals surface area contributed by atoms with Gasteiger partial charge in [-0.1, -0.05) is 74.0 Å². The van der Waals surface area contributed by atoms with Crippen LogP contribution in [0.5, 0.6) is 5.75 Å². The van der Waals surface area contributed by atoms with Crippen molar-refractivity contribution in [1.82, 2.24) is 15.4 Å². The van der Waals surface area contributed by atoms with Gasteiger partial charge >= 0.3 is 0 Å². The van der Waals surface area contributed by atoms with Gasteiger partial charge in [-0.05, 0) is 54.3 Å². The normalized spacial score (nSPS) is 15.8. The molecule has 7 nitrogen and oxygen atoms in total. The van der Waals surface area contributed by atoms with Gasteiger partial charge in [0.05, 0.1) is 23.6 Å². The lowest BCUT2D eigenvalue weighted by Gasteiger charge is -2.28. The van der Waals surface area contributed by atoms with Crippen LogP contribution in [0.15, 0.2) is 77.7 Å². The Labute approximate surface area is 236 Å². The Bertz CT molecular complexity index is 1370. The second-order valence-electron chi connectivity index (χ2n) is 10.2. The highest BCUT2D eigenvalue weighted by Crippen LogP contribution is 2.33. The van der Waals surface area contributed by atoms with Crippen LogP contribution in [0.25, 0.3) is 0 Å². The van der Waals surface area contributed by atoms with E-state index >= 15 is 0 Å². The van der Waals surface area contributed by atoms with E-state index in [0.717, 1.165) is 36.4 Å². The van der Waals surface area contributed by atoms with E-state index in [9.17, 15) is 13.2 Å². The van der Waals surface area contributed by atoms with Gasteiger partial charge in [-0.2, -0.15) is 0 Å². The van der Waals surface area contributed by atoms with Crippen LogP contribution in [0.4, 0.5) is 0 Å². The third-order valence-electron chi connectivity index (χ3n) is 6.68. The van der Waals surface area contributed by atoms with E-state index in [2.05, 4.69) is 35.3 Å². The zero-order chi connectivity index (χ0) is 27.8. The van der Waals surface area contributed by atoms with Gasteiger partial charge in [-0.25, -0.2) is 13.1 Å². The number of benzene rings is 3. The molecule has 39 heavy (non-hydrogen) atoms. The third-order valence-corrected chi connectivity index (χ3v) is 8.38. The van der Waals surface area contributed by atoms with Gasteiger partial charge in [0.2, 0.25) is 15.9 Å². The fourth-order valence-corrected chi connectivity index (χ4v) is 6.08. The predicted octanol–water partition coefficient (Wildman–Crippen LogP) is 5.53. The van der Waals surface area contributed by atoms with Crippen molar-refractivity contribution < 1.29 is 17.9 Å². The smallest absolute Gasteiger partial charge is 0.241 e. The summed E-state index contributed by atoms with van der Waals surface area (Å²) >= 11 is 6.02. The summed E-state index contributed by atoms with van der Waals surface area (Å²) in [6.45, 7) is 6.62. The average Bonchev–Trinajstić information content (AvgIpc) is 2.91. The van der Waals surface area contributed by atoms with Gasteiger partial charge in [0.25, 0.3) is 0 Å². The fraction of sp³-hybridized carbons (Fsp3) is 0.367. The van der Waals surface area contributed by atoms with Crippen molar-refractivity contribution in [1.29, 1.82) is 0 Å². The molecule has 0 spiro atoms. The highest BCUT2D eigenvalue weighted by molar-refractivity contribution is 7.89. The maximum Gasteiger partial charge on any atom is 0.241 e. The van der Waals surface area contributed by atoms with Gasteiger partial charge in [0.1, 0.15) is 5.75 Å². The minimum Gasteiger partial charge on any atom is -0.493 e. The van der Waals surface area contributed by atoms with Crippen LogP contribution >= 0.6 is 11.6 Å². The first-order valence-electron chi connectivity index (χ1n) is 13.3. The van der Waals surface area contributed by atoms with Crippen LogP contribution in [-0.4, -0.2) is 27.5 Å². The molecule has 2 atom stereocenters. The van der Waals surface area contributed by atoms with Crippen molar-refractivity contribution in [3.8, 4) is 5.75 Å². The minimum atomic E-state index is -3.92. The van der Waals surface area contributed by atoms with E-state index in [1.54, 1.807) is 24.3 Å². The molecule has 1 heterocycles. The molecule has 3 aromatic rings. The van der Waals surface area contributed by atoms with E-state index in [-0.39, 0.29) is 23.3 Å². The van der Waals surface area contributed by atoms with Gasteiger partial charge in [0, 0.05) is 30.0 Å². The largest absolute Gasteiger partial charge is 0.493 e. The fourth-order valence-electron chi connectivity index (χ4n) is 4.56. The summed E-state index contributed by atoms with van der Waals surface area (Å²) in [4.78, 5) is 13.3. The number of nitrogens with one attached hydrogen (secondary N) is 3. The number of carbonyl (C=O) groups excluding carboxylic acids is 1.